The first-order chi connectivity index (χ1) is 25.7. The third-order valence-electron chi connectivity index (χ3n) is 11.7. The van der Waals surface area contributed by atoms with Crippen molar-refractivity contribution in [1.29, 1.82) is 0 Å². The topological polar surface area (TPSA) is 96.0 Å². The first-order valence-electron chi connectivity index (χ1n) is 19.8. The lowest BCUT2D eigenvalue weighted by Crippen LogP contribution is -2.41. The third-order valence-corrected chi connectivity index (χ3v) is 12.5. The van der Waals surface area contributed by atoms with Crippen LogP contribution in [0, 0.1) is 25.7 Å². The van der Waals surface area contributed by atoms with E-state index in [1.54, 1.807) is 0 Å². The monoisotopic (exact) mass is 814 g/mol. The molecule has 0 aliphatic carbocycles. The maximum atomic E-state index is 11.4. The zero-order chi connectivity index (χ0) is 39.3. The molecule has 0 bridgehead atoms. The second-order valence-electron chi connectivity index (χ2n) is 16.0. The Bertz CT molecular complexity index is 1470. The maximum absolute atomic E-state index is 11.4. The van der Waals surface area contributed by atoms with Crippen molar-refractivity contribution in [2.75, 3.05) is 66.7 Å². The molecule has 5 rings (SSSR count). The Morgan fingerprint density at radius 2 is 1.15 bits per heavy atom. The molecule has 0 atom stereocenters. The van der Waals surface area contributed by atoms with Gasteiger partial charge in [-0.1, -0.05) is 34.1 Å². The van der Waals surface area contributed by atoms with E-state index in [1.807, 2.05) is 30.3 Å². The van der Waals surface area contributed by atoms with Crippen LogP contribution in [0.5, 0.6) is 11.5 Å². The van der Waals surface area contributed by atoms with Gasteiger partial charge in [-0.2, -0.15) is 0 Å². The van der Waals surface area contributed by atoms with Gasteiger partial charge in [-0.15, -0.1) is 0 Å². The Balaban J connectivity index is 0.000000252. The van der Waals surface area contributed by atoms with E-state index in [2.05, 4.69) is 73.3 Å². The van der Waals surface area contributed by atoms with E-state index in [0.29, 0.717) is 25.6 Å². The van der Waals surface area contributed by atoms with Gasteiger partial charge in [0.15, 0.2) is 0 Å². The van der Waals surface area contributed by atoms with Crippen LogP contribution >= 0.6 is 15.9 Å². The highest BCUT2D eigenvalue weighted by atomic mass is 79.9. The third kappa shape index (κ3) is 13.0. The predicted molar refractivity (Wildman–Crippen MR) is 218 cm³/mol. The number of carbonyl (C=O) groups excluding carboxylic acids is 2. The number of rotatable bonds is 15. The molecule has 0 unspecified atom stereocenters. The Kier molecular flexibility index (Phi) is 17.2. The van der Waals surface area contributed by atoms with E-state index >= 15 is 0 Å². The molecular formula is C42H64BBrN2O8. The normalized spacial score (nSPS) is 19.2. The molecule has 0 N–H and O–H groups in total. The number of hydrogen-bond donors (Lipinski definition) is 0. The Hall–Kier alpha value is -2.64. The first kappa shape index (κ1) is 44.1. The second kappa shape index (κ2) is 21.0. The standard InChI is InChI=1S/C24H38BNO5.C18H26BrNO3/c1-18-20(25-30-23(2,3)24(4,5)31-25)10-7-11-21(18)29-16-8-9-19-12-14-26(15-13-19)17-22(27)28-6;1-14-16(19)6-3-7-17(14)23-12-4-5-15-8-10-20(11-9-15)13-18(21)22-2/h7,10-11,19H,8-9,12-17H2,1-6H3;3,6-7,15H,4-5,8-13H2,1-2H3. The molecule has 12 heteroatoms. The molecule has 54 heavy (non-hydrogen) atoms. The SMILES string of the molecule is COC(=O)CN1CCC(CCCOc2cccc(B3OC(C)(C)C(C)(C)O3)c2C)CC1.COC(=O)CN1CCC(CCCOc2cccc(Br)c2C)CC1. The zero-order valence-electron chi connectivity index (χ0n) is 34.0. The molecule has 2 aromatic carbocycles. The lowest BCUT2D eigenvalue weighted by atomic mass is 9.76. The average Bonchev–Trinajstić information content (AvgIpc) is 3.37. The number of carbonyl (C=O) groups is 2. The quantitative estimate of drug-likeness (QED) is 0.105. The van der Waals surface area contributed by atoms with Crippen LogP contribution < -0.4 is 14.9 Å². The number of hydrogen-bond acceptors (Lipinski definition) is 10. The van der Waals surface area contributed by atoms with Crippen LogP contribution in [0.1, 0.15) is 90.2 Å². The van der Waals surface area contributed by atoms with Crippen LogP contribution in [0.15, 0.2) is 40.9 Å². The number of esters is 2. The largest absolute Gasteiger partial charge is 0.495 e. The fraction of sp³-hybridized carbons (Fsp3) is 0.667. The molecule has 3 fully saturated rings. The van der Waals surface area contributed by atoms with Crippen molar-refractivity contribution in [3.8, 4) is 11.5 Å². The van der Waals surface area contributed by atoms with Gasteiger partial charge in [0.05, 0.1) is 51.7 Å². The van der Waals surface area contributed by atoms with Gasteiger partial charge < -0.3 is 28.3 Å². The van der Waals surface area contributed by atoms with Crippen molar-refractivity contribution in [3.05, 3.63) is 52.0 Å². The molecule has 3 heterocycles. The van der Waals surface area contributed by atoms with E-state index < -0.39 is 0 Å². The van der Waals surface area contributed by atoms with Crippen molar-refractivity contribution in [2.24, 2.45) is 11.8 Å². The predicted octanol–water partition coefficient (Wildman–Crippen LogP) is 7.14. The highest BCUT2D eigenvalue weighted by molar-refractivity contribution is 9.10. The fourth-order valence-corrected chi connectivity index (χ4v) is 7.57. The van der Waals surface area contributed by atoms with Gasteiger partial charge in [0, 0.05) is 10.0 Å². The summed E-state index contributed by atoms with van der Waals surface area (Å²) in [7, 11) is 2.52. The van der Waals surface area contributed by atoms with E-state index in [4.69, 9.17) is 28.3 Å². The van der Waals surface area contributed by atoms with Crippen LogP contribution in [0.25, 0.3) is 0 Å². The zero-order valence-corrected chi connectivity index (χ0v) is 35.6. The minimum absolute atomic E-state index is 0.138. The number of halogens is 1. The number of likely N-dealkylation sites (tertiary alicyclic amines) is 2. The molecular weight excluding hydrogens is 751 g/mol. The van der Waals surface area contributed by atoms with Crippen molar-refractivity contribution in [3.63, 3.8) is 0 Å². The highest BCUT2D eigenvalue weighted by Gasteiger charge is 2.52. The number of benzene rings is 2. The van der Waals surface area contributed by atoms with E-state index in [0.717, 1.165) is 116 Å². The summed E-state index contributed by atoms with van der Waals surface area (Å²) in [5, 5.41) is 0. The molecule has 3 saturated heterocycles. The van der Waals surface area contributed by atoms with Crippen molar-refractivity contribution < 1.29 is 37.8 Å². The van der Waals surface area contributed by atoms with Crippen LogP contribution in [0.3, 0.4) is 0 Å². The molecule has 3 aliphatic rings. The van der Waals surface area contributed by atoms with Gasteiger partial charge >= 0.3 is 19.1 Å². The van der Waals surface area contributed by atoms with Gasteiger partial charge in [-0.05, 0) is 160 Å². The molecule has 0 spiro atoms. The van der Waals surface area contributed by atoms with Crippen LogP contribution in [0.4, 0.5) is 0 Å². The Morgan fingerprint density at radius 3 is 1.59 bits per heavy atom. The summed E-state index contributed by atoms with van der Waals surface area (Å²) in [6.45, 7) is 18.6. The molecule has 10 nitrogen and oxygen atoms in total. The van der Waals surface area contributed by atoms with E-state index in [-0.39, 0.29) is 30.3 Å². The molecule has 0 radical (unpaired) electrons. The molecule has 3 aliphatic heterocycles. The minimum Gasteiger partial charge on any atom is -0.493 e. The fourth-order valence-electron chi connectivity index (χ4n) is 7.23. The number of piperidine rings is 2. The molecule has 300 valence electrons. The van der Waals surface area contributed by atoms with E-state index in [9.17, 15) is 9.59 Å². The van der Waals surface area contributed by atoms with Crippen LogP contribution in [-0.4, -0.2) is 107 Å². The molecule has 0 saturated carbocycles. The van der Waals surface area contributed by atoms with Gasteiger partial charge in [0.1, 0.15) is 11.5 Å². The number of nitrogens with zero attached hydrogens (tertiary/aromatic N) is 2. The smallest absolute Gasteiger partial charge is 0.493 e. The summed E-state index contributed by atoms with van der Waals surface area (Å²) >= 11 is 3.53. The molecule has 0 amide bonds. The maximum Gasteiger partial charge on any atom is 0.495 e. The summed E-state index contributed by atoms with van der Waals surface area (Å²) in [6, 6.07) is 12.2. The number of ether oxygens (including phenoxy) is 4. The van der Waals surface area contributed by atoms with Crippen molar-refractivity contribution in [1.82, 2.24) is 9.80 Å². The van der Waals surface area contributed by atoms with E-state index in [1.165, 1.54) is 20.6 Å². The van der Waals surface area contributed by atoms with Gasteiger partial charge in [0.25, 0.3) is 0 Å². The summed E-state index contributed by atoms with van der Waals surface area (Å²) in [4.78, 5) is 27.1. The van der Waals surface area contributed by atoms with Gasteiger partial charge in [-0.3, -0.25) is 19.4 Å². The average molecular weight is 816 g/mol. The van der Waals surface area contributed by atoms with Gasteiger partial charge in [0.2, 0.25) is 0 Å². The lowest BCUT2D eigenvalue weighted by molar-refractivity contribution is -0.143. The Morgan fingerprint density at radius 1 is 0.722 bits per heavy atom. The van der Waals surface area contributed by atoms with Crippen molar-refractivity contribution >= 4 is 40.4 Å². The summed E-state index contributed by atoms with van der Waals surface area (Å²) in [6.07, 6.45) is 9.04. The highest BCUT2D eigenvalue weighted by Crippen LogP contribution is 2.37. The molecule has 2 aromatic rings. The number of methoxy groups -OCH3 is 2. The Labute approximate surface area is 333 Å². The summed E-state index contributed by atoms with van der Waals surface area (Å²) in [5.41, 5.74) is 2.57. The molecule has 0 aromatic heterocycles. The second-order valence-corrected chi connectivity index (χ2v) is 16.8. The van der Waals surface area contributed by atoms with Crippen LogP contribution in [0.2, 0.25) is 0 Å². The lowest BCUT2D eigenvalue weighted by Gasteiger charge is -2.32. The summed E-state index contributed by atoms with van der Waals surface area (Å²) in [5.74, 6) is 3.03. The summed E-state index contributed by atoms with van der Waals surface area (Å²) < 4.78 is 35.0. The minimum atomic E-state index is -0.372. The van der Waals surface area contributed by atoms with Gasteiger partial charge in [-0.25, -0.2) is 0 Å². The van der Waals surface area contributed by atoms with Crippen LogP contribution in [-0.2, 0) is 28.4 Å². The van der Waals surface area contributed by atoms with Crippen molar-refractivity contribution in [2.45, 2.75) is 104 Å². The first-order valence-corrected chi connectivity index (χ1v) is 20.6.